The second-order valence-corrected chi connectivity index (χ2v) is 3.62. The summed E-state index contributed by atoms with van der Waals surface area (Å²) in [7, 11) is 1.65. The molecule has 1 unspecified atom stereocenters. The van der Waals surface area contributed by atoms with Crippen LogP contribution in [0.1, 0.15) is 18.9 Å². The third kappa shape index (κ3) is 4.90. The third-order valence-electron chi connectivity index (χ3n) is 2.26. The summed E-state index contributed by atoms with van der Waals surface area (Å²) in [6.45, 7) is 3.10. The summed E-state index contributed by atoms with van der Waals surface area (Å²) in [5, 5.41) is 0. The molecule has 0 saturated heterocycles. The van der Waals surface area contributed by atoms with Gasteiger partial charge in [-0.15, -0.1) is 0 Å². The number of hydrogen-bond donors (Lipinski definition) is 1. The highest BCUT2D eigenvalue weighted by Crippen LogP contribution is 2.16. The van der Waals surface area contributed by atoms with E-state index in [2.05, 4.69) is 11.8 Å². The number of para-hydroxylation sites is 1. The van der Waals surface area contributed by atoms with Crippen LogP contribution in [0.4, 0.5) is 0 Å². The number of methoxy groups -OCH3 is 1. The Balaban J connectivity index is 2.72. The zero-order valence-corrected chi connectivity index (χ0v) is 10.4. The Bertz CT molecular complexity index is 393. The zero-order valence-electron chi connectivity index (χ0n) is 10.4. The van der Waals surface area contributed by atoms with Gasteiger partial charge in [0.25, 0.3) is 0 Å². The summed E-state index contributed by atoms with van der Waals surface area (Å²) in [6.07, 6.45) is 0.847. The van der Waals surface area contributed by atoms with E-state index in [1.807, 2.05) is 31.2 Å². The van der Waals surface area contributed by atoms with Crippen LogP contribution in [0.15, 0.2) is 24.3 Å². The van der Waals surface area contributed by atoms with Gasteiger partial charge < -0.3 is 15.2 Å². The van der Waals surface area contributed by atoms with Crippen LogP contribution in [0, 0.1) is 11.8 Å². The Labute approximate surface area is 103 Å². The van der Waals surface area contributed by atoms with E-state index in [1.54, 1.807) is 7.11 Å². The SMILES string of the molecule is CCC(N)C#Cc1ccccc1OCCOC. The minimum Gasteiger partial charge on any atom is -0.490 e. The van der Waals surface area contributed by atoms with Crippen molar-refractivity contribution in [2.45, 2.75) is 19.4 Å². The maximum atomic E-state index is 5.76. The summed E-state index contributed by atoms with van der Waals surface area (Å²) in [5.74, 6) is 6.82. The summed E-state index contributed by atoms with van der Waals surface area (Å²) in [5.41, 5.74) is 6.63. The molecule has 0 aliphatic rings. The van der Waals surface area contributed by atoms with Crippen molar-refractivity contribution < 1.29 is 9.47 Å². The predicted octanol–water partition coefficient (Wildman–Crippen LogP) is 1.80. The molecule has 92 valence electrons. The molecule has 0 amide bonds. The van der Waals surface area contributed by atoms with Crippen molar-refractivity contribution in [1.82, 2.24) is 0 Å². The minimum atomic E-state index is -0.0815. The second kappa shape index (κ2) is 7.72. The quantitative estimate of drug-likeness (QED) is 0.623. The van der Waals surface area contributed by atoms with Gasteiger partial charge in [-0.1, -0.05) is 30.9 Å². The van der Waals surface area contributed by atoms with Gasteiger partial charge in [-0.3, -0.25) is 0 Å². The molecule has 0 bridgehead atoms. The normalized spacial score (nSPS) is 11.5. The smallest absolute Gasteiger partial charge is 0.135 e. The Morgan fingerprint density at radius 3 is 2.76 bits per heavy atom. The summed E-state index contributed by atoms with van der Waals surface area (Å²) in [6, 6.07) is 7.61. The first-order valence-electron chi connectivity index (χ1n) is 5.75. The molecule has 0 spiro atoms. The van der Waals surface area contributed by atoms with Crippen LogP contribution in [0.25, 0.3) is 0 Å². The van der Waals surface area contributed by atoms with Crippen LogP contribution < -0.4 is 10.5 Å². The van der Waals surface area contributed by atoms with E-state index in [0.717, 1.165) is 17.7 Å². The van der Waals surface area contributed by atoms with Gasteiger partial charge in [0, 0.05) is 7.11 Å². The fourth-order valence-electron chi connectivity index (χ4n) is 1.20. The second-order valence-electron chi connectivity index (χ2n) is 3.62. The van der Waals surface area contributed by atoms with Crippen LogP contribution >= 0.6 is 0 Å². The monoisotopic (exact) mass is 233 g/mol. The van der Waals surface area contributed by atoms with E-state index in [9.17, 15) is 0 Å². The fraction of sp³-hybridized carbons (Fsp3) is 0.429. The third-order valence-corrected chi connectivity index (χ3v) is 2.26. The lowest BCUT2D eigenvalue weighted by Crippen LogP contribution is -2.15. The fourth-order valence-corrected chi connectivity index (χ4v) is 1.20. The average molecular weight is 233 g/mol. The number of hydrogen-bond acceptors (Lipinski definition) is 3. The topological polar surface area (TPSA) is 44.5 Å². The first kappa shape index (κ1) is 13.6. The molecule has 0 fully saturated rings. The molecular weight excluding hydrogens is 214 g/mol. The number of benzene rings is 1. The van der Waals surface area contributed by atoms with Crippen molar-refractivity contribution in [3.8, 4) is 17.6 Å². The van der Waals surface area contributed by atoms with Crippen molar-refractivity contribution in [2.24, 2.45) is 5.73 Å². The lowest BCUT2D eigenvalue weighted by molar-refractivity contribution is 0.146. The Kier molecular flexibility index (Phi) is 6.16. The zero-order chi connectivity index (χ0) is 12.5. The van der Waals surface area contributed by atoms with E-state index in [-0.39, 0.29) is 6.04 Å². The molecule has 0 aliphatic carbocycles. The molecule has 0 aliphatic heterocycles. The van der Waals surface area contributed by atoms with Gasteiger partial charge in [0.2, 0.25) is 0 Å². The van der Waals surface area contributed by atoms with Gasteiger partial charge in [0.1, 0.15) is 12.4 Å². The predicted molar refractivity (Wildman–Crippen MR) is 69.0 cm³/mol. The molecule has 0 heterocycles. The molecule has 0 saturated carbocycles. The van der Waals surface area contributed by atoms with Crippen LogP contribution in [-0.4, -0.2) is 26.4 Å². The van der Waals surface area contributed by atoms with Crippen LogP contribution in [0.2, 0.25) is 0 Å². The first-order valence-corrected chi connectivity index (χ1v) is 5.75. The highest BCUT2D eigenvalue weighted by atomic mass is 16.5. The molecule has 1 atom stereocenters. The molecular formula is C14H19NO2. The van der Waals surface area contributed by atoms with E-state index >= 15 is 0 Å². The van der Waals surface area contributed by atoms with Gasteiger partial charge in [0.05, 0.1) is 18.2 Å². The van der Waals surface area contributed by atoms with Crippen molar-refractivity contribution in [2.75, 3.05) is 20.3 Å². The number of nitrogens with two attached hydrogens (primary N) is 1. The van der Waals surface area contributed by atoms with E-state index in [1.165, 1.54) is 0 Å². The average Bonchev–Trinajstić information content (AvgIpc) is 2.37. The lowest BCUT2D eigenvalue weighted by atomic mass is 10.1. The highest BCUT2D eigenvalue weighted by molar-refractivity contribution is 5.46. The molecule has 17 heavy (non-hydrogen) atoms. The van der Waals surface area contributed by atoms with Gasteiger partial charge >= 0.3 is 0 Å². The molecule has 0 radical (unpaired) electrons. The summed E-state index contributed by atoms with van der Waals surface area (Å²) >= 11 is 0. The van der Waals surface area contributed by atoms with Gasteiger partial charge in [-0.25, -0.2) is 0 Å². The van der Waals surface area contributed by atoms with Gasteiger partial charge in [-0.2, -0.15) is 0 Å². The molecule has 2 N–H and O–H groups in total. The summed E-state index contributed by atoms with van der Waals surface area (Å²) in [4.78, 5) is 0. The molecule has 3 nitrogen and oxygen atoms in total. The van der Waals surface area contributed by atoms with Crippen molar-refractivity contribution in [1.29, 1.82) is 0 Å². The van der Waals surface area contributed by atoms with Crippen molar-refractivity contribution in [3.05, 3.63) is 29.8 Å². The molecule has 0 aromatic heterocycles. The highest BCUT2D eigenvalue weighted by Gasteiger charge is 2.00. The maximum absolute atomic E-state index is 5.76. The summed E-state index contributed by atoms with van der Waals surface area (Å²) < 4.78 is 10.5. The van der Waals surface area contributed by atoms with Gasteiger partial charge in [0.15, 0.2) is 0 Å². The lowest BCUT2D eigenvalue weighted by Gasteiger charge is -2.07. The van der Waals surface area contributed by atoms with Crippen LogP contribution in [0.5, 0.6) is 5.75 Å². The van der Waals surface area contributed by atoms with E-state index in [4.69, 9.17) is 15.2 Å². The maximum Gasteiger partial charge on any atom is 0.135 e. The van der Waals surface area contributed by atoms with Crippen molar-refractivity contribution in [3.63, 3.8) is 0 Å². The Morgan fingerprint density at radius 1 is 1.29 bits per heavy atom. The Morgan fingerprint density at radius 2 is 2.06 bits per heavy atom. The first-order chi connectivity index (χ1) is 8.27. The standard InChI is InChI=1S/C14H19NO2/c1-3-13(15)9-8-12-6-4-5-7-14(12)17-11-10-16-2/h4-7,13H,3,10-11,15H2,1-2H3. The van der Waals surface area contributed by atoms with Crippen LogP contribution in [0.3, 0.4) is 0 Å². The Hall–Kier alpha value is -1.50. The van der Waals surface area contributed by atoms with Gasteiger partial charge in [-0.05, 0) is 18.6 Å². The largest absolute Gasteiger partial charge is 0.490 e. The van der Waals surface area contributed by atoms with E-state index in [0.29, 0.717) is 13.2 Å². The number of rotatable bonds is 5. The van der Waals surface area contributed by atoms with Crippen molar-refractivity contribution >= 4 is 0 Å². The molecule has 3 heteroatoms. The number of ether oxygens (including phenoxy) is 2. The minimum absolute atomic E-state index is 0.0815. The molecule has 1 aromatic carbocycles. The van der Waals surface area contributed by atoms with E-state index < -0.39 is 0 Å². The molecule has 1 rings (SSSR count). The molecule has 1 aromatic rings. The van der Waals surface area contributed by atoms with Crippen LogP contribution in [-0.2, 0) is 4.74 Å².